The number of rotatable bonds is 12. The van der Waals surface area contributed by atoms with Crippen molar-refractivity contribution in [2.24, 2.45) is 5.92 Å². The van der Waals surface area contributed by atoms with Gasteiger partial charge in [0.2, 0.25) is 5.60 Å². The first kappa shape index (κ1) is 29.4. The highest BCUT2D eigenvalue weighted by molar-refractivity contribution is 6.03. The molecule has 226 valence electrons. The fourth-order valence-electron chi connectivity index (χ4n) is 7.24. The molecule has 3 aliphatic rings. The standard InChI is InChI=1S/C33H35FN2O7/c1-21(2)32-31(43-32,29(41)35-25-11-7-4-8-12-25)30(22-9-5-3-6-10-22)33(42-30,23-13-15-24(34)16-14-23)36(32)18-17-26(37)19-27(38)20-28(39)40/h3-16,21,26-27,37-38H,17-20H2,1-2H3,(H,35,41)(H,39,40)/p-1/t26-,27-,30?,31?,32?,33?/m0/s1. The Morgan fingerprint density at radius 3 is 2.14 bits per heavy atom. The van der Waals surface area contributed by atoms with E-state index >= 15 is 0 Å². The van der Waals surface area contributed by atoms with Crippen LogP contribution in [-0.4, -0.2) is 57.1 Å². The third-order valence-electron chi connectivity index (χ3n) is 8.97. The summed E-state index contributed by atoms with van der Waals surface area (Å²) in [4.78, 5) is 27.4. The number of carboxylic acids is 1. The number of carboxylic acid groups (broad SMARTS) is 1. The molecule has 3 saturated heterocycles. The molecular formula is C33H34FN2O7-. The number of aliphatic hydroxyl groups excluding tert-OH is 2. The van der Waals surface area contributed by atoms with Gasteiger partial charge in [-0.05, 0) is 48.6 Å². The number of nitrogens with zero attached hydrogens (tertiary/aromatic N) is 1. The SMILES string of the molecule is CC(C)C12OC1(C(=O)Nc1ccccc1)C1(c3ccccc3)OC1(c1ccc(F)cc1)N2CC[C@H](O)C[C@H](O)CC(=O)[O-]. The molecule has 3 heterocycles. The fraction of sp³-hybridized carbons (Fsp3) is 0.394. The Morgan fingerprint density at radius 1 is 0.907 bits per heavy atom. The van der Waals surface area contributed by atoms with Gasteiger partial charge in [0.1, 0.15) is 5.82 Å². The molecular weight excluding hydrogens is 555 g/mol. The third kappa shape index (κ3) is 4.16. The summed E-state index contributed by atoms with van der Waals surface area (Å²) in [6.45, 7) is 4.06. The number of hydrogen-bond acceptors (Lipinski definition) is 8. The maximum Gasteiger partial charge on any atom is 0.264 e. The number of nitrogens with one attached hydrogen (secondary N) is 1. The van der Waals surface area contributed by atoms with Gasteiger partial charge in [0.25, 0.3) is 5.91 Å². The van der Waals surface area contributed by atoms with Crippen LogP contribution in [0, 0.1) is 11.7 Å². The van der Waals surface area contributed by atoms with Gasteiger partial charge in [-0.1, -0.05) is 74.5 Å². The van der Waals surface area contributed by atoms with Crippen LogP contribution in [0.3, 0.4) is 0 Å². The summed E-state index contributed by atoms with van der Waals surface area (Å²) in [5.74, 6) is -2.48. The summed E-state index contributed by atoms with van der Waals surface area (Å²) in [5, 5.41) is 34.9. The molecule has 3 fully saturated rings. The van der Waals surface area contributed by atoms with Crippen LogP contribution >= 0.6 is 0 Å². The van der Waals surface area contributed by atoms with E-state index in [1.54, 1.807) is 24.3 Å². The first-order chi connectivity index (χ1) is 20.5. The molecule has 1 amide bonds. The molecule has 0 aromatic heterocycles. The van der Waals surface area contributed by atoms with Crippen molar-refractivity contribution < 1.29 is 38.8 Å². The predicted octanol–water partition coefficient (Wildman–Crippen LogP) is 2.62. The highest BCUT2D eigenvalue weighted by atomic mass is 19.1. The molecule has 3 aromatic rings. The van der Waals surface area contributed by atoms with Crippen LogP contribution in [-0.2, 0) is 30.4 Å². The topological polar surface area (TPSA) is 138 Å². The minimum atomic E-state index is -1.53. The average molecular weight is 590 g/mol. The molecule has 10 heteroatoms. The number of carbonyl (C=O) groups is 2. The van der Waals surface area contributed by atoms with Crippen LogP contribution in [0.2, 0.25) is 0 Å². The van der Waals surface area contributed by atoms with Gasteiger partial charge in [-0.2, -0.15) is 0 Å². The number of fused-ring (bicyclic) bond motifs is 3. The molecule has 0 aliphatic carbocycles. The van der Waals surface area contributed by atoms with Crippen molar-refractivity contribution in [3.63, 3.8) is 0 Å². The van der Waals surface area contributed by atoms with Crippen molar-refractivity contribution in [3.05, 3.63) is 102 Å². The summed E-state index contributed by atoms with van der Waals surface area (Å²) in [5.41, 5.74) is -3.40. The molecule has 3 aliphatic heterocycles. The Balaban J connectivity index is 1.47. The predicted molar refractivity (Wildman–Crippen MR) is 151 cm³/mol. The Morgan fingerprint density at radius 2 is 1.53 bits per heavy atom. The number of epoxide rings is 2. The molecule has 0 radical (unpaired) electrons. The zero-order valence-electron chi connectivity index (χ0n) is 23.9. The van der Waals surface area contributed by atoms with Crippen LogP contribution in [0.4, 0.5) is 10.1 Å². The minimum absolute atomic E-state index is 0.107. The van der Waals surface area contributed by atoms with Crippen LogP contribution in [0.25, 0.3) is 0 Å². The summed E-state index contributed by atoms with van der Waals surface area (Å²) in [6.07, 6.45) is -3.01. The Bertz CT molecular complexity index is 1510. The molecule has 6 atom stereocenters. The lowest BCUT2D eigenvalue weighted by atomic mass is 9.76. The van der Waals surface area contributed by atoms with Gasteiger partial charge >= 0.3 is 0 Å². The van der Waals surface area contributed by atoms with Gasteiger partial charge in [0, 0.05) is 30.2 Å². The van der Waals surface area contributed by atoms with Crippen LogP contribution in [0.5, 0.6) is 0 Å². The van der Waals surface area contributed by atoms with Crippen LogP contribution in [0.15, 0.2) is 84.9 Å². The van der Waals surface area contributed by atoms with E-state index in [-0.39, 0.29) is 25.3 Å². The zero-order chi connectivity index (χ0) is 30.6. The Kier molecular flexibility index (Phi) is 7.18. The van der Waals surface area contributed by atoms with Gasteiger partial charge < -0.3 is 34.9 Å². The van der Waals surface area contributed by atoms with Gasteiger partial charge in [-0.15, -0.1) is 0 Å². The monoisotopic (exact) mass is 589 g/mol. The van der Waals surface area contributed by atoms with E-state index in [2.05, 4.69) is 5.32 Å². The lowest BCUT2D eigenvalue weighted by molar-refractivity contribution is -0.307. The lowest BCUT2D eigenvalue weighted by Crippen LogP contribution is -2.52. The van der Waals surface area contributed by atoms with Gasteiger partial charge in [-0.25, -0.2) is 9.29 Å². The van der Waals surface area contributed by atoms with Crippen molar-refractivity contribution in [1.29, 1.82) is 0 Å². The zero-order valence-corrected chi connectivity index (χ0v) is 23.9. The minimum Gasteiger partial charge on any atom is -0.550 e. The third-order valence-corrected chi connectivity index (χ3v) is 8.97. The number of ether oxygens (including phenoxy) is 2. The van der Waals surface area contributed by atoms with E-state index in [0.29, 0.717) is 16.8 Å². The summed E-state index contributed by atoms with van der Waals surface area (Å²) in [7, 11) is 0. The second-order valence-corrected chi connectivity index (χ2v) is 11.8. The highest BCUT2D eigenvalue weighted by Crippen LogP contribution is 2.86. The number of halogens is 1. The number of hydrogen-bond donors (Lipinski definition) is 3. The molecule has 0 bridgehead atoms. The molecule has 6 rings (SSSR count). The smallest absolute Gasteiger partial charge is 0.264 e. The number of aliphatic carboxylic acids is 1. The number of benzene rings is 3. The van der Waals surface area contributed by atoms with Gasteiger partial charge in [0.05, 0.1) is 12.2 Å². The maximum absolute atomic E-state index is 14.5. The summed E-state index contributed by atoms with van der Waals surface area (Å²) in [6, 6.07) is 24.3. The molecule has 0 saturated carbocycles. The lowest BCUT2D eigenvalue weighted by Gasteiger charge is -2.36. The van der Waals surface area contributed by atoms with Gasteiger partial charge in [-0.3, -0.25) is 4.79 Å². The van der Waals surface area contributed by atoms with E-state index < -0.39 is 59.0 Å². The van der Waals surface area contributed by atoms with Gasteiger partial charge in [0.15, 0.2) is 17.1 Å². The van der Waals surface area contributed by atoms with Crippen LogP contribution in [0.1, 0.15) is 44.2 Å². The number of aliphatic hydroxyl groups is 2. The number of amides is 1. The number of carbonyl (C=O) groups excluding carboxylic acids is 2. The van der Waals surface area contributed by atoms with Crippen molar-refractivity contribution in [1.82, 2.24) is 4.90 Å². The van der Waals surface area contributed by atoms with E-state index in [0.717, 1.165) is 0 Å². The largest absolute Gasteiger partial charge is 0.550 e. The summed E-state index contributed by atoms with van der Waals surface area (Å²) < 4.78 is 27.7. The first-order valence-electron chi connectivity index (χ1n) is 14.5. The molecule has 0 spiro atoms. The second-order valence-electron chi connectivity index (χ2n) is 11.8. The van der Waals surface area contributed by atoms with E-state index in [1.807, 2.05) is 67.3 Å². The fourth-order valence-corrected chi connectivity index (χ4v) is 7.24. The average Bonchev–Trinajstić information content (AvgIpc) is 3.86. The second kappa shape index (κ2) is 10.5. The van der Waals surface area contributed by atoms with E-state index in [4.69, 9.17) is 9.47 Å². The normalized spacial score (nSPS) is 30.3. The van der Waals surface area contributed by atoms with Crippen molar-refractivity contribution in [2.75, 3.05) is 11.9 Å². The van der Waals surface area contributed by atoms with Crippen molar-refractivity contribution in [2.45, 2.75) is 68.0 Å². The van der Waals surface area contributed by atoms with E-state index in [9.17, 15) is 29.3 Å². The molecule has 9 nitrogen and oxygen atoms in total. The molecule has 3 aromatic carbocycles. The number of para-hydroxylation sites is 1. The molecule has 4 unspecified atom stereocenters. The maximum atomic E-state index is 14.5. The Hall–Kier alpha value is -3.67. The first-order valence-corrected chi connectivity index (χ1v) is 14.5. The van der Waals surface area contributed by atoms with Crippen molar-refractivity contribution >= 4 is 17.6 Å². The summed E-state index contributed by atoms with van der Waals surface area (Å²) >= 11 is 0. The van der Waals surface area contributed by atoms with E-state index in [1.165, 1.54) is 12.1 Å². The van der Waals surface area contributed by atoms with Crippen molar-refractivity contribution in [3.8, 4) is 0 Å². The highest BCUT2D eigenvalue weighted by Gasteiger charge is 3.06. The number of likely N-dealkylation sites (tertiary alicyclic amines) is 1. The van der Waals surface area contributed by atoms with Crippen LogP contribution < -0.4 is 10.4 Å². The molecule has 3 N–H and O–H groups in total. The Labute approximate surface area is 248 Å². The quantitative estimate of drug-likeness (QED) is 0.274. The molecule has 43 heavy (non-hydrogen) atoms. The number of anilines is 1.